The number of hydrogen-bond donors (Lipinski definition) is 1. The minimum atomic E-state index is -0.0280. The fourth-order valence-corrected chi connectivity index (χ4v) is 1.77. The Bertz CT molecular complexity index is 450. The van der Waals surface area contributed by atoms with Gasteiger partial charge in [-0.1, -0.05) is 41.7 Å². The van der Waals surface area contributed by atoms with Crippen molar-refractivity contribution in [2.24, 2.45) is 0 Å². The van der Waals surface area contributed by atoms with Crippen molar-refractivity contribution in [3.8, 4) is 0 Å². The Morgan fingerprint density at radius 1 is 1.29 bits per heavy atom. The summed E-state index contributed by atoms with van der Waals surface area (Å²) in [5.41, 5.74) is 6.11. The first-order valence-corrected chi connectivity index (χ1v) is 4.90. The smallest absolute Gasteiger partial charge is 0.204 e. The van der Waals surface area contributed by atoms with Crippen LogP contribution in [0.4, 0.5) is 5.13 Å². The van der Waals surface area contributed by atoms with Crippen LogP contribution in [0.15, 0.2) is 36.5 Å². The molecule has 0 aliphatic carbocycles. The Morgan fingerprint density at radius 2 is 2.00 bits per heavy atom. The predicted molar refractivity (Wildman–Crippen MR) is 56.4 cm³/mol. The molecule has 2 aromatic rings. The minimum absolute atomic E-state index is 0.0280. The van der Waals surface area contributed by atoms with Gasteiger partial charge in [-0.15, -0.1) is 0 Å². The van der Waals surface area contributed by atoms with Gasteiger partial charge in [0.15, 0.2) is 5.13 Å². The maximum absolute atomic E-state index is 11.8. The SMILES string of the molecule is Nc1ncc(C(=O)c2ccccc2)s1. The van der Waals surface area contributed by atoms with E-state index in [2.05, 4.69) is 4.98 Å². The number of anilines is 1. The van der Waals surface area contributed by atoms with Crippen LogP contribution < -0.4 is 5.73 Å². The van der Waals surface area contributed by atoms with Crippen LogP contribution >= 0.6 is 11.3 Å². The Hall–Kier alpha value is -1.68. The van der Waals surface area contributed by atoms with Gasteiger partial charge in [-0.25, -0.2) is 4.98 Å². The summed E-state index contributed by atoms with van der Waals surface area (Å²) < 4.78 is 0. The molecule has 2 N–H and O–H groups in total. The molecule has 2 rings (SSSR count). The number of carbonyl (C=O) groups excluding carboxylic acids is 1. The fraction of sp³-hybridized carbons (Fsp3) is 0. The third-order valence-corrected chi connectivity index (χ3v) is 2.61. The second-order valence-electron chi connectivity index (χ2n) is 2.76. The largest absolute Gasteiger partial charge is 0.375 e. The van der Waals surface area contributed by atoms with Gasteiger partial charge in [0.2, 0.25) is 5.78 Å². The molecule has 0 amide bonds. The highest BCUT2D eigenvalue weighted by Crippen LogP contribution is 2.18. The summed E-state index contributed by atoms with van der Waals surface area (Å²) in [5, 5.41) is 0.421. The molecule has 0 saturated carbocycles. The van der Waals surface area contributed by atoms with Crippen molar-refractivity contribution in [2.75, 3.05) is 5.73 Å². The van der Waals surface area contributed by atoms with Gasteiger partial charge in [0.05, 0.1) is 11.1 Å². The zero-order chi connectivity index (χ0) is 9.97. The van der Waals surface area contributed by atoms with Gasteiger partial charge in [0, 0.05) is 5.56 Å². The van der Waals surface area contributed by atoms with Gasteiger partial charge in [-0.3, -0.25) is 4.79 Å². The molecule has 0 saturated heterocycles. The van der Waals surface area contributed by atoms with E-state index in [1.54, 1.807) is 12.1 Å². The first-order valence-electron chi connectivity index (χ1n) is 4.08. The van der Waals surface area contributed by atoms with Gasteiger partial charge in [-0.05, 0) is 0 Å². The van der Waals surface area contributed by atoms with Crippen molar-refractivity contribution in [3.05, 3.63) is 47.0 Å². The third-order valence-electron chi connectivity index (χ3n) is 1.78. The molecule has 0 fully saturated rings. The van der Waals surface area contributed by atoms with Crippen molar-refractivity contribution in [1.82, 2.24) is 4.98 Å². The van der Waals surface area contributed by atoms with Crippen LogP contribution in [0.25, 0.3) is 0 Å². The first-order chi connectivity index (χ1) is 6.77. The van der Waals surface area contributed by atoms with Crippen molar-refractivity contribution in [1.29, 1.82) is 0 Å². The number of nitrogens with two attached hydrogens (primary N) is 1. The summed E-state index contributed by atoms with van der Waals surface area (Å²) in [6.07, 6.45) is 1.51. The molecule has 0 atom stereocenters. The van der Waals surface area contributed by atoms with E-state index in [0.717, 1.165) is 0 Å². The van der Waals surface area contributed by atoms with E-state index < -0.39 is 0 Å². The fourth-order valence-electron chi connectivity index (χ4n) is 1.12. The summed E-state index contributed by atoms with van der Waals surface area (Å²) in [6.45, 7) is 0. The number of aromatic nitrogens is 1. The third kappa shape index (κ3) is 1.65. The van der Waals surface area contributed by atoms with E-state index in [1.807, 2.05) is 18.2 Å². The molecule has 0 aliphatic heterocycles. The zero-order valence-corrected chi connectivity index (χ0v) is 8.12. The van der Waals surface area contributed by atoms with Crippen molar-refractivity contribution >= 4 is 22.3 Å². The summed E-state index contributed by atoms with van der Waals surface area (Å²) in [4.78, 5) is 16.2. The molecular weight excluding hydrogens is 196 g/mol. The van der Waals surface area contributed by atoms with Gasteiger partial charge in [0.25, 0.3) is 0 Å². The summed E-state index contributed by atoms with van der Waals surface area (Å²) in [6, 6.07) is 9.09. The number of nitrogen functional groups attached to an aromatic ring is 1. The molecule has 0 spiro atoms. The average molecular weight is 204 g/mol. The van der Waals surface area contributed by atoms with E-state index in [9.17, 15) is 4.79 Å². The topological polar surface area (TPSA) is 56.0 Å². The monoisotopic (exact) mass is 204 g/mol. The molecule has 0 aliphatic rings. The van der Waals surface area contributed by atoms with Crippen LogP contribution in [0.5, 0.6) is 0 Å². The molecule has 3 nitrogen and oxygen atoms in total. The molecule has 70 valence electrons. The number of carbonyl (C=O) groups is 1. The van der Waals surface area contributed by atoms with E-state index in [1.165, 1.54) is 17.5 Å². The molecule has 1 heterocycles. The van der Waals surface area contributed by atoms with E-state index in [0.29, 0.717) is 15.6 Å². The highest BCUT2D eigenvalue weighted by Gasteiger charge is 2.10. The maximum atomic E-state index is 11.8. The lowest BCUT2D eigenvalue weighted by atomic mass is 10.1. The summed E-state index contributed by atoms with van der Waals surface area (Å²) >= 11 is 1.21. The van der Waals surface area contributed by atoms with Crippen LogP contribution in [0, 0.1) is 0 Å². The van der Waals surface area contributed by atoms with Crippen LogP contribution in [-0.2, 0) is 0 Å². The lowest BCUT2D eigenvalue weighted by Gasteiger charge is -1.95. The number of hydrogen-bond acceptors (Lipinski definition) is 4. The molecule has 1 aromatic heterocycles. The van der Waals surface area contributed by atoms with E-state index >= 15 is 0 Å². The lowest BCUT2D eigenvalue weighted by Crippen LogP contribution is -1.97. The summed E-state index contributed by atoms with van der Waals surface area (Å²) in [5.74, 6) is -0.0280. The normalized spacial score (nSPS) is 10.0. The molecular formula is C10H8N2OS. The second-order valence-corrected chi connectivity index (χ2v) is 3.82. The summed E-state index contributed by atoms with van der Waals surface area (Å²) in [7, 11) is 0. The Kier molecular flexibility index (Phi) is 2.28. The number of nitrogens with zero attached hydrogens (tertiary/aromatic N) is 1. The quantitative estimate of drug-likeness (QED) is 0.761. The minimum Gasteiger partial charge on any atom is -0.375 e. The predicted octanol–water partition coefficient (Wildman–Crippen LogP) is 1.96. The van der Waals surface area contributed by atoms with E-state index in [4.69, 9.17) is 5.73 Å². The average Bonchev–Trinajstić information content (AvgIpc) is 2.65. The van der Waals surface area contributed by atoms with Crippen LogP contribution in [0.3, 0.4) is 0 Å². The Balaban J connectivity index is 2.34. The van der Waals surface area contributed by atoms with Gasteiger partial charge in [-0.2, -0.15) is 0 Å². The Labute approximate surface area is 85.2 Å². The molecule has 0 bridgehead atoms. The van der Waals surface area contributed by atoms with Gasteiger partial charge >= 0.3 is 0 Å². The van der Waals surface area contributed by atoms with Crippen molar-refractivity contribution in [3.63, 3.8) is 0 Å². The molecule has 4 heteroatoms. The molecule has 0 radical (unpaired) electrons. The number of benzene rings is 1. The van der Waals surface area contributed by atoms with Crippen LogP contribution in [0.1, 0.15) is 15.2 Å². The van der Waals surface area contributed by atoms with Gasteiger partial charge < -0.3 is 5.73 Å². The maximum Gasteiger partial charge on any atom is 0.204 e. The molecule has 0 unspecified atom stereocenters. The van der Waals surface area contributed by atoms with Crippen LogP contribution in [-0.4, -0.2) is 10.8 Å². The lowest BCUT2D eigenvalue weighted by molar-refractivity contribution is 0.104. The highest BCUT2D eigenvalue weighted by atomic mass is 32.1. The zero-order valence-electron chi connectivity index (χ0n) is 7.31. The molecule has 1 aromatic carbocycles. The number of rotatable bonds is 2. The number of thiazole rings is 1. The van der Waals surface area contributed by atoms with Crippen LogP contribution in [0.2, 0.25) is 0 Å². The van der Waals surface area contributed by atoms with E-state index in [-0.39, 0.29) is 5.78 Å². The number of ketones is 1. The van der Waals surface area contributed by atoms with Crippen molar-refractivity contribution < 1.29 is 4.79 Å². The van der Waals surface area contributed by atoms with Gasteiger partial charge in [0.1, 0.15) is 0 Å². The highest BCUT2D eigenvalue weighted by molar-refractivity contribution is 7.17. The van der Waals surface area contributed by atoms with Crippen molar-refractivity contribution in [2.45, 2.75) is 0 Å². The Morgan fingerprint density at radius 3 is 2.57 bits per heavy atom. The second kappa shape index (κ2) is 3.59. The standard InChI is InChI=1S/C10H8N2OS/c11-10-12-6-8(14-10)9(13)7-4-2-1-3-5-7/h1-6H,(H2,11,12). The molecule has 14 heavy (non-hydrogen) atoms. The first kappa shape index (κ1) is 8.90.